The molecule has 31 heavy (non-hydrogen) atoms. The second-order valence-corrected chi connectivity index (χ2v) is 9.47. The molecule has 1 atom stereocenters. The van der Waals surface area contributed by atoms with Crippen LogP contribution in [0.4, 0.5) is 5.69 Å². The number of halogens is 1. The van der Waals surface area contributed by atoms with E-state index >= 15 is 0 Å². The van der Waals surface area contributed by atoms with Gasteiger partial charge in [-0.15, -0.1) is 0 Å². The first-order valence-electron chi connectivity index (χ1n) is 9.55. The molecule has 0 aliphatic carbocycles. The standard InChI is InChI=1S/C23H23BrN2O4S/c1-16-8-6-7-11-21(16)31(28,29)26-20-13-12-18(24)14-19(20)23(25-15-22(27)30-2)17-9-4-3-5-10-17/h3-14,23,25-26H,15H2,1-2H3/t23-/m1/s1. The fourth-order valence-electron chi connectivity index (χ4n) is 3.23. The van der Waals surface area contributed by atoms with Gasteiger partial charge in [-0.25, -0.2) is 8.42 Å². The number of rotatable bonds is 8. The molecule has 162 valence electrons. The van der Waals surface area contributed by atoms with Crippen LogP contribution in [0.2, 0.25) is 0 Å². The van der Waals surface area contributed by atoms with Gasteiger partial charge >= 0.3 is 5.97 Å². The lowest BCUT2D eigenvalue weighted by atomic mass is 9.97. The van der Waals surface area contributed by atoms with Crippen molar-refractivity contribution in [1.29, 1.82) is 0 Å². The fourth-order valence-corrected chi connectivity index (χ4v) is 4.95. The van der Waals surface area contributed by atoms with E-state index in [2.05, 4.69) is 26.0 Å². The number of aryl methyl sites for hydroxylation is 1. The number of nitrogens with one attached hydrogen (secondary N) is 2. The predicted octanol–water partition coefficient (Wildman–Crippen LogP) is 4.41. The molecule has 3 aromatic rings. The van der Waals surface area contributed by atoms with Crippen molar-refractivity contribution in [2.45, 2.75) is 17.9 Å². The highest BCUT2D eigenvalue weighted by atomic mass is 79.9. The molecule has 0 amide bonds. The van der Waals surface area contributed by atoms with Crippen LogP contribution in [0.1, 0.15) is 22.7 Å². The average Bonchev–Trinajstić information content (AvgIpc) is 2.76. The molecule has 3 aromatic carbocycles. The van der Waals surface area contributed by atoms with Gasteiger partial charge in [0.25, 0.3) is 10.0 Å². The first-order valence-corrected chi connectivity index (χ1v) is 11.8. The van der Waals surface area contributed by atoms with E-state index in [9.17, 15) is 13.2 Å². The number of methoxy groups -OCH3 is 1. The molecule has 0 radical (unpaired) electrons. The van der Waals surface area contributed by atoms with Crippen molar-refractivity contribution in [2.75, 3.05) is 18.4 Å². The Labute approximate surface area is 190 Å². The van der Waals surface area contributed by atoms with Gasteiger partial charge in [0, 0.05) is 4.47 Å². The molecular weight excluding hydrogens is 480 g/mol. The molecule has 8 heteroatoms. The SMILES string of the molecule is COC(=O)CN[C@H](c1ccccc1)c1cc(Br)ccc1NS(=O)(=O)c1ccccc1C. The molecule has 0 unspecified atom stereocenters. The van der Waals surface area contributed by atoms with Gasteiger partial charge in [0.15, 0.2) is 0 Å². The predicted molar refractivity (Wildman–Crippen MR) is 124 cm³/mol. The quantitative estimate of drug-likeness (QED) is 0.445. The molecule has 0 heterocycles. The molecule has 2 N–H and O–H groups in total. The highest BCUT2D eigenvalue weighted by Gasteiger charge is 2.23. The molecule has 0 fully saturated rings. The third kappa shape index (κ3) is 5.72. The van der Waals surface area contributed by atoms with E-state index in [-0.39, 0.29) is 11.4 Å². The van der Waals surface area contributed by atoms with E-state index in [4.69, 9.17) is 4.74 Å². The van der Waals surface area contributed by atoms with E-state index < -0.39 is 22.0 Å². The van der Waals surface area contributed by atoms with Gasteiger partial charge in [0.2, 0.25) is 0 Å². The lowest BCUT2D eigenvalue weighted by Gasteiger charge is -2.23. The number of hydrogen-bond donors (Lipinski definition) is 2. The largest absolute Gasteiger partial charge is 0.468 e. The second kappa shape index (κ2) is 10.1. The van der Waals surface area contributed by atoms with E-state index in [1.807, 2.05) is 36.4 Å². The second-order valence-electron chi connectivity index (χ2n) is 6.90. The van der Waals surface area contributed by atoms with E-state index in [1.165, 1.54) is 7.11 Å². The van der Waals surface area contributed by atoms with Crippen molar-refractivity contribution in [2.24, 2.45) is 0 Å². The summed E-state index contributed by atoms with van der Waals surface area (Å²) < 4.78 is 34.5. The van der Waals surface area contributed by atoms with Gasteiger partial charge in [-0.1, -0.05) is 64.5 Å². The van der Waals surface area contributed by atoms with Crippen LogP contribution in [0.25, 0.3) is 0 Å². The first-order chi connectivity index (χ1) is 14.8. The van der Waals surface area contributed by atoms with Crippen LogP contribution < -0.4 is 10.0 Å². The Hall–Kier alpha value is -2.68. The van der Waals surface area contributed by atoms with Gasteiger partial charge in [-0.05, 0) is 47.9 Å². The Morgan fingerprint density at radius 3 is 2.39 bits per heavy atom. The molecule has 0 saturated heterocycles. The summed E-state index contributed by atoms with van der Waals surface area (Å²) in [6.45, 7) is 1.72. The van der Waals surface area contributed by atoms with Crippen molar-refractivity contribution in [3.63, 3.8) is 0 Å². The minimum Gasteiger partial charge on any atom is -0.468 e. The van der Waals surface area contributed by atoms with Crippen LogP contribution in [0.15, 0.2) is 82.2 Å². The number of hydrogen-bond acceptors (Lipinski definition) is 5. The summed E-state index contributed by atoms with van der Waals surface area (Å²) in [4.78, 5) is 12.0. The maximum atomic E-state index is 13.1. The third-order valence-corrected chi connectivity index (χ3v) is 6.78. The highest BCUT2D eigenvalue weighted by Crippen LogP contribution is 2.33. The Kier molecular flexibility index (Phi) is 7.48. The number of anilines is 1. The highest BCUT2D eigenvalue weighted by molar-refractivity contribution is 9.10. The van der Waals surface area contributed by atoms with Crippen LogP contribution in [0, 0.1) is 6.92 Å². The zero-order valence-electron chi connectivity index (χ0n) is 17.1. The smallest absolute Gasteiger partial charge is 0.319 e. The molecule has 0 spiro atoms. The molecular formula is C23H23BrN2O4S. The summed E-state index contributed by atoms with van der Waals surface area (Å²) in [5, 5.41) is 3.18. The molecule has 6 nitrogen and oxygen atoms in total. The zero-order chi connectivity index (χ0) is 22.4. The van der Waals surface area contributed by atoms with Crippen LogP contribution in [-0.2, 0) is 19.6 Å². The summed E-state index contributed by atoms with van der Waals surface area (Å²) in [6.07, 6.45) is 0. The molecule has 3 rings (SSSR count). The number of sulfonamides is 1. The number of carbonyl (C=O) groups excluding carboxylic acids is 1. The summed E-state index contributed by atoms with van der Waals surface area (Å²) in [5.74, 6) is -0.419. The lowest BCUT2D eigenvalue weighted by Crippen LogP contribution is -2.30. The van der Waals surface area contributed by atoms with Crippen molar-refractivity contribution in [3.05, 3.63) is 94.0 Å². The van der Waals surface area contributed by atoms with E-state index in [0.717, 1.165) is 10.0 Å². The normalized spacial score (nSPS) is 12.2. The van der Waals surface area contributed by atoms with Gasteiger partial charge in [0.05, 0.1) is 30.3 Å². The number of esters is 1. The van der Waals surface area contributed by atoms with Gasteiger partial charge in [0.1, 0.15) is 0 Å². The topological polar surface area (TPSA) is 84.5 Å². The maximum Gasteiger partial charge on any atom is 0.319 e. The minimum atomic E-state index is -3.82. The summed E-state index contributed by atoms with van der Waals surface area (Å²) >= 11 is 3.47. The molecule has 0 aliphatic rings. The van der Waals surface area contributed by atoms with Crippen LogP contribution in [-0.4, -0.2) is 28.0 Å². The zero-order valence-corrected chi connectivity index (χ0v) is 19.5. The van der Waals surface area contributed by atoms with Gasteiger partial charge in [-0.3, -0.25) is 14.8 Å². The van der Waals surface area contributed by atoms with E-state index in [1.54, 1.807) is 43.3 Å². The van der Waals surface area contributed by atoms with Crippen LogP contribution in [0.5, 0.6) is 0 Å². The Morgan fingerprint density at radius 1 is 1.03 bits per heavy atom. The monoisotopic (exact) mass is 502 g/mol. The number of benzene rings is 3. The van der Waals surface area contributed by atoms with Crippen molar-refractivity contribution in [3.8, 4) is 0 Å². The van der Waals surface area contributed by atoms with Crippen molar-refractivity contribution in [1.82, 2.24) is 5.32 Å². The molecule has 0 aliphatic heterocycles. The minimum absolute atomic E-state index is 0.0352. The summed E-state index contributed by atoms with van der Waals surface area (Å²) in [6, 6.07) is 21.1. The summed E-state index contributed by atoms with van der Waals surface area (Å²) in [7, 11) is -2.49. The Morgan fingerprint density at radius 2 is 1.71 bits per heavy atom. The third-order valence-electron chi connectivity index (χ3n) is 4.76. The first kappa shape index (κ1) is 23.0. The van der Waals surface area contributed by atoms with E-state index in [0.29, 0.717) is 16.8 Å². The lowest BCUT2D eigenvalue weighted by molar-refractivity contribution is -0.139. The number of carbonyl (C=O) groups is 1. The van der Waals surface area contributed by atoms with Crippen LogP contribution in [0.3, 0.4) is 0 Å². The van der Waals surface area contributed by atoms with Crippen molar-refractivity contribution >= 4 is 37.6 Å². The molecule has 0 bridgehead atoms. The molecule has 0 saturated carbocycles. The molecule has 0 aromatic heterocycles. The Balaban J connectivity index is 2.05. The maximum absolute atomic E-state index is 13.1. The summed E-state index contributed by atoms with van der Waals surface area (Å²) in [5.41, 5.74) is 2.61. The average molecular weight is 503 g/mol. The Bertz CT molecular complexity index is 1170. The van der Waals surface area contributed by atoms with Crippen LogP contribution >= 0.6 is 15.9 Å². The number of ether oxygens (including phenoxy) is 1. The van der Waals surface area contributed by atoms with Crippen molar-refractivity contribution < 1.29 is 17.9 Å². The van der Waals surface area contributed by atoms with Gasteiger partial charge < -0.3 is 4.74 Å². The fraction of sp³-hybridized carbons (Fsp3) is 0.174. The van der Waals surface area contributed by atoms with Gasteiger partial charge in [-0.2, -0.15) is 0 Å².